The molecule has 9 nitrogen and oxygen atoms in total. The average molecular weight is 508 g/mol. The van der Waals surface area contributed by atoms with E-state index in [2.05, 4.69) is 11.4 Å². The lowest BCUT2D eigenvalue weighted by Crippen LogP contribution is -2.44. The predicted octanol–water partition coefficient (Wildman–Crippen LogP) is 2.06. The van der Waals surface area contributed by atoms with E-state index in [0.717, 1.165) is 53.0 Å². The van der Waals surface area contributed by atoms with Crippen LogP contribution < -0.4 is 20.3 Å². The SMILES string of the molecule is CC[C@@]1(O)C(=O)OCc2c1cc1n(c2=O)Cc2c-1nc1c(C[C@H]3CNCCS3)ccc3c1c2OCO3. The van der Waals surface area contributed by atoms with Gasteiger partial charge in [0.1, 0.15) is 18.1 Å². The van der Waals surface area contributed by atoms with E-state index in [1.807, 2.05) is 17.8 Å². The third kappa shape index (κ3) is 3.01. The van der Waals surface area contributed by atoms with Crippen molar-refractivity contribution < 1.29 is 24.1 Å². The number of hydrogen-bond acceptors (Lipinski definition) is 9. The lowest BCUT2D eigenvalue weighted by molar-refractivity contribution is -0.172. The van der Waals surface area contributed by atoms with Crippen molar-refractivity contribution in [3.8, 4) is 22.9 Å². The standard InChI is InChI=1S/C26H25N3O6S/c1-2-26(32)17-8-18-22-15(10-29(18)24(30)16(17)11-33-25(26)31)23-20-19(34-12-35-23)4-3-13(21(20)28-22)7-14-9-27-5-6-36-14/h3-4,8,14,27,32H,2,5-7,9-12H2,1H3/t14-,26-/m0/s1. The lowest BCUT2D eigenvalue weighted by atomic mass is 9.86. The second kappa shape index (κ2) is 7.96. The van der Waals surface area contributed by atoms with Crippen LogP contribution in [0.25, 0.3) is 22.3 Å². The Morgan fingerprint density at radius 1 is 1.25 bits per heavy atom. The van der Waals surface area contributed by atoms with Crippen molar-refractivity contribution in [2.75, 3.05) is 25.6 Å². The second-order valence-electron chi connectivity index (χ2n) is 9.63. The van der Waals surface area contributed by atoms with Crippen LogP contribution in [-0.2, 0) is 34.7 Å². The summed E-state index contributed by atoms with van der Waals surface area (Å²) in [5.74, 6) is 1.76. The van der Waals surface area contributed by atoms with Crippen LogP contribution >= 0.6 is 11.8 Å². The number of thioether (sulfide) groups is 1. The third-order valence-corrected chi connectivity index (χ3v) is 8.95. The number of nitrogens with zero attached hydrogens (tertiary/aromatic N) is 2. The molecule has 0 unspecified atom stereocenters. The summed E-state index contributed by atoms with van der Waals surface area (Å²) < 4.78 is 18.7. The molecule has 4 aliphatic rings. The number of pyridine rings is 2. The minimum atomic E-state index is -1.86. The van der Waals surface area contributed by atoms with Gasteiger partial charge in [0.15, 0.2) is 5.60 Å². The van der Waals surface area contributed by atoms with Crippen LogP contribution in [0.1, 0.15) is 35.6 Å². The van der Waals surface area contributed by atoms with Gasteiger partial charge in [0, 0.05) is 35.2 Å². The van der Waals surface area contributed by atoms with Crippen LogP contribution in [0.3, 0.4) is 0 Å². The van der Waals surface area contributed by atoms with Crippen molar-refractivity contribution >= 4 is 28.6 Å². The molecule has 7 rings (SSSR count). The quantitative estimate of drug-likeness (QED) is 0.403. The van der Waals surface area contributed by atoms with Gasteiger partial charge in [-0.2, -0.15) is 11.8 Å². The predicted molar refractivity (Wildman–Crippen MR) is 133 cm³/mol. The molecule has 10 heteroatoms. The molecule has 4 aliphatic heterocycles. The number of nitrogens with one attached hydrogen (secondary N) is 1. The summed E-state index contributed by atoms with van der Waals surface area (Å²) in [6.07, 6.45) is 0.949. The molecule has 0 saturated carbocycles. The van der Waals surface area contributed by atoms with Gasteiger partial charge in [-0.3, -0.25) is 4.79 Å². The minimum Gasteiger partial charge on any atom is -0.458 e. The fourth-order valence-electron chi connectivity index (χ4n) is 5.76. The summed E-state index contributed by atoms with van der Waals surface area (Å²) in [7, 11) is 0. The van der Waals surface area contributed by atoms with Gasteiger partial charge in [0.25, 0.3) is 5.56 Å². The number of rotatable bonds is 3. The van der Waals surface area contributed by atoms with Crippen LogP contribution in [0.5, 0.6) is 11.5 Å². The number of aromatic nitrogens is 2. The first-order valence-corrected chi connectivity index (χ1v) is 13.3. The molecule has 0 radical (unpaired) electrons. The zero-order valence-electron chi connectivity index (χ0n) is 19.8. The molecule has 2 atom stereocenters. The summed E-state index contributed by atoms with van der Waals surface area (Å²) in [6, 6.07) is 5.79. The molecule has 1 saturated heterocycles. The van der Waals surface area contributed by atoms with Gasteiger partial charge in [-0.1, -0.05) is 13.0 Å². The van der Waals surface area contributed by atoms with Crippen LogP contribution in [0.15, 0.2) is 23.0 Å². The Balaban J connectivity index is 1.45. The smallest absolute Gasteiger partial charge is 0.343 e. The molecule has 186 valence electrons. The summed E-state index contributed by atoms with van der Waals surface area (Å²) in [5.41, 5.74) is 2.40. The maximum Gasteiger partial charge on any atom is 0.343 e. The highest BCUT2D eigenvalue weighted by Gasteiger charge is 2.45. The van der Waals surface area contributed by atoms with Crippen LogP contribution in [0, 0.1) is 0 Å². The van der Waals surface area contributed by atoms with E-state index in [9.17, 15) is 14.7 Å². The van der Waals surface area contributed by atoms with Gasteiger partial charge in [-0.05, 0) is 30.5 Å². The summed E-state index contributed by atoms with van der Waals surface area (Å²) in [5, 5.41) is 15.9. The van der Waals surface area contributed by atoms with Crippen molar-refractivity contribution in [1.29, 1.82) is 0 Å². The molecule has 2 aromatic heterocycles. The number of cyclic esters (lactones) is 1. The molecule has 0 aliphatic carbocycles. The van der Waals surface area contributed by atoms with Gasteiger partial charge >= 0.3 is 5.97 Å². The Labute approximate surface area is 210 Å². The molecule has 6 heterocycles. The molecule has 3 aromatic rings. The van der Waals surface area contributed by atoms with Crippen molar-refractivity contribution in [1.82, 2.24) is 14.9 Å². The Morgan fingerprint density at radius 3 is 2.94 bits per heavy atom. The van der Waals surface area contributed by atoms with E-state index in [1.165, 1.54) is 0 Å². The molecule has 1 fully saturated rings. The van der Waals surface area contributed by atoms with Gasteiger partial charge in [-0.15, -0.1) is 0 Å². The molecular formula is C26H25N3O6S. The van der Waals surface area contributed by atoms with Crippen molar-refractivity contribution in [2.45, 2.75) is 43.8 Å². The number of carbonyl (C=O) groups is 1. The van der Waals surface area contributed by atoms with Gasteiger partial charge < -0.3 is 29.2 Å². The van der Waals surface area contributed by atoms with Crippen LogP contribution in [-0.4, -0.2) is 51.5 Å². The topological polar surface area (TPSA) is 112 Å². The Morgan fingerprint density at radius 2 is 2.14 bits per heavy atom. The molecule has 0 amide bonds. The number of esters is 1. The van der Waals surface area contributed by atoms with E-state index in [1.54, 1.807) is 17.6 Å². The molecule has 0 spiro atoms. The average Bonchev–Trinajstić information content (AvgIpc) is 3.28. The Kier molecular flexibility index (Phi) is 4.90. The maximum atomic E-state index is 13.5. The van der Waals surface area contributed by atoms with E-state index in [4.69, 9.17) is 19.2 Å². The number of fused-ring (bicyclic) bond motifs is 5. The zero-order valence-corrected chi connectivity index (χ0v) is 20.6. The number of aliphatic hydroxyl groups is 1. The summed E-state index contributed by atoms with van der Waals surface area (Å²) in [4.78, 5) is 31.1. The molecule has 0 bridgehead atoms. The first-order valence-electron chi connectivity index (χ1n) is 12.2. The molecule has 1 aromatic carbocycles. The van der Waals surface area contributed by atoms with E-state index >= 15 is 0 Å². The monoisotopic (exact) mass is 507 g/mol. The third-order valence-electron chi connectivity index (χ3n) is 7.71. The minimum absolute atomic E-state index is 0.0833. The van der Waals surface area contributed by atoms with Crippen LogP contribution in [0.2, 0.25) is 0 Å². The molecule has 2 N–H and O–H groups in total. The largest absolute Gasteiger partial charge is 0.458 e. The number of benzene rings is 1. The van der Waals surface area contributed by atoms with Gasteiger partial charge in [-0.25, -0.2) is 9.78 Å². The first kappa shape index (κ1) is 22.1. The van der Waals surface area contributed by atoms with Gasteiger partial charge in [0.05, 0.1) is 34.4 Å². The fraction of sp³-hybridized carbons (Fsp3) is 0.423. The van der Waals surface area contributed by atoms with E-state index < -0.39 is 11.6 Å². The molecule has 36 heavy (non-hydrogen) atoms. The normalized spacial score (nSPS) is 23.8. The van der Waals surface area contributed by atoms with Crippen molar-refractivity contribution in [3.63, 3.8) is 0 Å². The van der Waals surface area contributed by atoms with E-state index in [0.29, 0.717) is 40.1 Å². The van der Waals surface area contributed by atoms with Crippen molar-refractivity contribution in [2.24, 2.45) is 0 Å². The number of hydrogen-bond donors (Lipinski definition) is 2. The van der Waals surface area contributed by atoms with Crippen molar-refractivity contribution in [3.05, 3.63) is 50.8 Å². The highest BCUT2D eigenvalue weighted by atomic mass is 32.2. The Bertz CT molecular complexity index is 1510. The lowest BCUT2D eigenvalue weighted by Gasteiger charge is -2.31. The highest BCUT2D eigenvalue weighted by molar-refractivity contribution is 8.00. The summed E-state index contributed by atoms with van der Waals surface area (Å²) >= 11 is 1.96. The maximum absolute atomic E-state index is 13.5. The number of carbonyl (C=O) groups excluding carboxylic acids is 1. The highest BCUT2D eigenvalue weighted by Crippen LogP contribution is 2.47. The summed E-state index contributed by atoms with van der Waals surface area (Å²) in [6.45, 7) is 3.88. The fourth-order valence-corrected chi connectivity index (χ4v) is 6.89. The number of ether oxygens (including phenoxy) is 3. The Hall–Kier alpha value is -3.08. The van der Waals surface area contributed by atoms with Crippen LogP contribution in [0.4, 0.5) is 0 Å². The first-order chi connectivity index (χ1) is 17.5. The second-order valence-corrected chi connectivity index (χ2v) is 11.0. The molecular weight excluding hydrogens is 482 g/mol. The van der Waals surface area contributed by atoms with E-state index in [-0.39, 0.29) is 25.4 Å². The zero-order chi connectivity index (χ0) is 24.6. The van der Waals surface area contributed by atoms with Gasteiger partial charge in [0.2, 0.25) is 6.79 Å².